The van der Waals surface area contributed by atoms with Gasteiger partial charge in [-0.1, -0.05) is 130 Å². The van der Waals surface area contributed by atoms with Crippen LogP contribution in [0.5, 0.6) is 0 Å². The molecular formula is C42H49NO6Si. The zero-order chi connectivity index (χ0) is 35.0. The lowest BCUT2D eigenvalue weighted by Gasteiger charge is -2.50. The molecule has 7 nitrogen and oxygen atoms in total. The molecule has 0 bridgehead atoms. The molecule has 1 aliphatic carbocycles. The van der Waals surface area contributed by atoms with Crippen LogP contribution < -0.4 is 15.3 Å². The van der Waals surface area contributed by atoms with Crippen LogP contribution in [0.3, 0.4) is 0 Å². The Kier molecular flexibility index (Phi) is 9.52. The minimum atomic E-state index is -2.84. The number of nitrogens with zero attached hydrogens (tertiary/aromatic N) is 1. The van der Waals surface area contributed by atoms with Crippen molar-refractivity contribution in [1.29, 1.82) is 0 Å². The topological polar surface area (TPSA) is 66.5 Å². The summed E-state index contributed by atoms with van der Waals surface area (Å²) in [6, 6.07) is 39.8. The summed E-state index contributed by atoms with van der Waals surface area (Å²) in [6.45, 7) is 7.84. The number of benzene rings is 4. The van der Waals surface area contributed by atoms with Crippen LogP contribution in [0.4, 0.5) is 10.5 Å². The SMILES string of the molecule is COC(=O)N1c2ccccc2[C@@]2(CCO[Si](c3ccccc3)(c3ccccc3)C(C)(C)C)O[C@@H](OC)[C@H]3C[C@@H](OCc4ccccc4)CC[C@]312. The molecule has 2 aliphatic heterocycles. The number of anilines is 1. The molecule has 4 aromatic rings. The van der Waals surface area contributed by atoms with E-state index in [2.05, 4.69) is 99.6 Å². The molecule has 2 heterocycles. The van der Waals surface area contributed by atoms with Gasteiger partial charge < -0.3 is 23.4 Å². The predicted octanol–water partition coefficient (Wildman–Crippen LogP) is 7.56. The molecular weight excluding hydrogens is 643 g/mol. The Morgan fingerprint density at radius 1 is 0.860 bits per heavy atom. The fourth-order valence-corrected chi connectivity index (χ4v) is 14.0. The van der Waals surface area contributed by atoms with Crippen LogP contribution in [0.15, 0.2) is 115 Å². The molecule has 1 saturated heterocycles. The van der Waals surface area contributed by atoms with Gasteiger partial charge in [-0.15, -0.1) is 0 Å². The van der Waals surface area contributed by atoms with Crippen LogP contribution in [0.25, 0.3) is 0 Å². The highest BCUT2D eigenvalue weighted by Crippen LogP contribution is 2.67. The molecule has 1 spiro atoms. The minimum absolute atomic E-state index is 0.0144. The van der Waals surface area contributed by atoms with Crippen LogP contribution >= 0.6 is 0 Å². The number of hydrogen-bond acceptors (Lipinski definition) is 6. The molecule has 4 aromatic carbocycles. The first-order valence-electron chi connectivity index (χ1n) is 17.8. The second kappa shape index (κ2) is 13.7. The Morgan fingerprint density at radius 3 is 2.06 bits per heavy atom. The summed E-state index contributed by atoms with van der Waals surface area (Å²) in [5.74, 6) is -0.165. The molecule has 8 heteroatoms. The van der Waals surface area contributed by atoms with E-state index in [0.717, 1.165) is 23.2 Å². The number of methoxy groups -OCH3 is 2. The van der Waals surface area contributed by atoms with E-state index in [1.54, 1.807) is 7.11 Å². The van der Waals surface area contributed by atoms with Crippen molar-refractivity contribution in [3.05, 3.63) is 126 Å². The molecule has 1 amide bonds. The number of fused-ring (bicyclic) bond motifs is 2. The second-order valence-electron chi connectivity index (χ2n) is 14.9. The fourth-order valence-electron chi connectivity index (χ4n) is 9.39. The minimum Gasteiger partial charge on any atom is -0.452 e. The van der Waals surface area contributed by atoms with E-state index in [1.165, 1.54) is 17.5 Å². The third kappa shape index (κ3) is 5.44. The van der Waals surface area contributed by atoms with Crippen LogP contribution in [0.2, 0.25) is 5.04 Å². The van der Waals surface area contributed by atoms with Crippen molar-refractivity contribution in [2.24, 2.45) is 5.92 Å². The molecule has 0 radical (unpaired) electrons. The van der Waals surface area contributed by atoms with Gasteiger partial charge in [0.25, 0.3) is 8.32 Å². The van der Waals surface area contributed by atoms with Gasteiger partial charge in [-0.2, -0.15) is 0 Å². The molecule has 3 aliphatic rings. The maximum Gasteiger partial charge on any atom is 0.414 e. The maximum atomic E-state index is 14.0. The van der Waals surface area contributed by atoms with E-state index < -0.39 is 25.7 Å². The Hall–Kier alpha value is -3.79. The molecule has 1 saturated carbocycles. The van der Waals surface area contributed by atoms with Gasteiger partial charge in [-0.25, -0.2) is 4.79 Å². The Balaban J connectivity index is 1.29. The second-order valence-corrected chi connectivity index (χ2v) is 19.2. The van der Waals surface area contributed by atoms with Crippen molar-refractivity contribution in [1.82, 2.24) is 0 Å². The molecule has 0 unspecified atom stereocenters. The third-order valence-corrected chi connectivity index (χ3v) is 16.5. The summed E-state index contributed by atoms with van der Waals surface area (Å²) in [5.41, 5.74) is 1.29. The quantitative estimate of drug-likeness (QED) is 0.160. The summed E-state index contributed by atoms with van der Waals surface area (Å²) < 4.78 is 33.0. The van der Waals surface area contributed by atoms with E-state index in [-0.39, 0.29) is 23.2 Å². The van der Waals surface area contributed by atoms with Gasteiger partial charge in [-0.05, 0) is 46.3 Å². The van der Waals surface area contributed by atoms with Gasteiger partial charge in [-0.3, -0.25) is 4.90 Å². The zero-order valence-corrected chi connectivity index (χ0v) is 30.8. The molecule has 0 N–H and O–H groups in total. The first-order chi connectivity index (χ1) is 24.2. The van der Waals surface area contributed by atoms with E-state index in [9.17, 15) is 4.79 Å². The Bertz CT molecular complexity index is 1730. The summed E-state index contributed by atoms with van der Waals surface area (Å²) >= 11 is 0. The van der Waals surface area contributed by atoms with Crippen molar-refractivity contribution in [2.75, 3.05) is 25.7 Å². The summed E-state index contributed by atoms with van der Waals surface area (Å²) in [7, 11) is 0.319. The smallest absolute Gasteiger partial charge is 0.414 e. The van der Waals surface area contributed by atoms with Gasteiger partial charge >= 0.3 is 6.09 Å². The average Bonchev–Trinajstić information content (AvgIpc) is 3.55. The van der Waals surface area contributed by atoms with E-state index in [1.807, 2.05) is 41.3 Å². The van der Waals surface area contributed by atoms with Gasteiger partial charge in [0.15, 0.2) is 6.29 Å². The highest BCUT2D eigenvalue weighted by atomic mass is 28.4. The first kappa shape index (κ1) is 34.6. The lowest BCUT2D eigenvalue weighted by Crippen LogP contribution is -2.67. The Morgan fingerprint density at radius 2 is 1.46 bits per heavy atom. The molecule has 0 aromatic heterocycles. The van der Waals surface area contributed by atoms with Crippen LogP contribution in [-0.4, -0.2) is 53.2 Å². The van der Waals surface area contributed by atoms with Gasteiger partial charge in [0, 0.05) is 31.6 Å². The number of carbonyl (C=O) groups excluding carboxylic acids is 1. The highest BCUT2D eigenvalue weighted by molar-refractivity contribution is 6.99. The number of carbonyl (C=O) groups is 1. The summed E-state index contributed by atoms with van der Waals surface area (Å²) in [5, 5.41) is 2.27. The number of amides is 1. The zero-order valence-electron chi connectivity index (χ0n) is 29.8. The van der Waals surface area contributed by atoms with Crippen molar-refractivity contribution in [3.63, 3.8) is 0 Å². The molecule has 2 fully saturated rings. The van der Waals surface area contributed by atoms with Crippen molar-refractivity contribution in [2.45, 2.75) is 81.6 Å². The van der Waals surface area contributed by atoms with E-state index in [4.69, 9.17) is 23.4 Å². The van der Waals surface area contributed by atoms with Crippen LogP contribution in [0, 0.1) is 5.92 Å². The lowest BCUT2D eigenvalue weighted by atomic mass is 9.63. The number of ether oxygens (including phenoxy) is 4. The molecule has 5 atom stereocenters. The van der Waals surface area contributed by atoms with E-state index in [0.29, 0.717) is 32.5 Å². The van der Waals surface area contributed by atoms with Crippen molar-refractivity contribution < 1.29 is 28.2 Å². The number of rotatable bonds is 10. The summed E-state index contributed by atoms with van der Waals surface area (Å²) in [4.78, 5) is 15.9. The van der Waals surface area contributed by atoms with Crippen LogP contribution in [0.1, 0.15) is 57.6 Å². The Labute approximate surface area is 297 Å². The summed E-state index contributed by atoms with van der Waals surface area (Å²) in [6.07, 6.45) is 1.70. The van der Waals surface area contributed by atoms with Gasteiger partial charge in [0.2, 0.25) is 0 Å². The fraction of sp³-hybridized carbons (Fsp3) is 0.405. The standard InChI is InChI=1S/C42H49NO6Si/c1-40(2,3)50(33-19-11-7-12-20-33,34-21-13-8-14-22-34)48-28-27-42-35-23-15-16-24-37(35)43(39(44)46-5)41(42)26-25-32(29-36(41)38(45-4)49-42)47-30-31-17-9-6-10-18-31/h6-24,32,36,38H,25-30H2,1-5H3/t32-,36+,38+,41+,42+/m0/s1. The normalized spacial score (nSPS) is 25.9. The van der Waals surface area contributed by atoms with Crippen molar-refractivity contribution >= 4 is 30.5 Å². The number of para-hydroxylation sites is 1. The monoisotopic (exact) mass is 691 g/mol. The van der Waals surface area contributed by atoms with Crippen molar-refractivity contribution in [3.8, 4) is 0 Å². The first-order valence-corrected chi connectivity index (χ1v) is 19.7. The van der Waals surface area contributed by atoms with Crippen LogP contribution in [-0.2, 0) is 35.6 Å². The molecule has 7 rings (SSSR count). The van der Waals surface area contributed by atoms with Gasteiger partial charge in [0.05, 0.1) is 31.0 Å². The maximum absolute atomic E-state index is 14.0. The van der Waals surface area contributed by atoms with E-state index >= 15 is 0 Å². The highest BCUT2D eigenvalue weighted by Gasteiger charge is 2.75. The lowest BCUT2D eigenvalue weighted by molar-refractivity contribution is -0.176. The van der Waals surface area contributed by atoms with Gasteiger partial charge in [0.1, 0.15) is 5.60 Å². The average molecular weight is 692 g/mol. The number of hydrogen-bond donors (Lipinski definition) is 0. The predicted molar refractivity (Wildman–Crippen MR) is 198 cm³/mol. The third-order valence-electron chi connectivity index (χ3n) is 11.4. The largest absolute Gasteiger partial charge is 0.452 e. The molecule has 262 valence electrons. The molecule has 50 heavy (non-hydrogen) atoms.